The van der Waals surface area contributed by atoms with Gasteiger partial charge in [-0.05, 0) is 43.5 Å². The molecule has 3 N–H and O–H groups in total. The second kappa shape index (κ2) is 8.89. The van der Waals surface area contributed by atoms with Crippen LogP contribution in [0.2, 0.25) is 0 Å². The van der Waals surface area contributed by atoms with E-state index in [-0.39, 0.29) is 42.1 Å². The van der Waals surface area contributed by atoms with Crippen LogP contribution in [0.1, 0.15) is 28.9 Å². The fraction of sp³-hybridized carbons (Fsp3) is 0.435. The van der Waals surface area contributed by atoms with E-state index in [9.17, 15) is 27.2 Å². The summed E-state index contributed by atoms with van der Waals surface area (Å²) in [6.45, 7) is 1.74. The van der Waals surface area contributed by atoms with Gasteiger partial charge in [-0.1, -0.05) is 0 Å². The van der Waals surface area contributed by atoms with Gasteiger partial charge in [-0.15, -0.1) is 0 Å². The summed E-state index contributed by atoms with van der Waals surface area (Å²) >= 11 is 0. The number of amides is 3. The number of likely N-dealkylation sites (tertiary alicyclic amines) is 1. The van der Waals surface area contributed by atoms with Gasteiger partial charge in [-0.3, -0.25) is 14.4 Å². The fourth-order valence-electron chi connectivity index (χ4n) is 4.49. The third-order valence-corrected chi connectivity index (χ3v) is 8.09. The molecule has 2 aromatic rings. The number of rotatable bonds is 3. The number of aryl methyl sites for hydroxylation is 2. The van der Waals surface area contributed by atoms with Gasteiger partial charge in [0.05, 0.1) is 6.61 Å². The molecule has 2 fully saturated rings. The first-order chi connectivity index (χ1) is 17.0. The second-order valence-electron chi connectivity index (χ2n) is 9.46. The van der Waals surface area contributed by atoms with Gasteiger partial charge >= 0.3 is 11.8 Å². The smallest absolute Gasteiger partial charge is 0.311 e. The second-order valence-corrected chi connectivity index (χ2v) is 11.1. The molecule has 2 aliphatic heterocycles. The van der Waals surface area contributed by atoms with Crippen LogP contribution in [0.25, 0.3) is 0 Å². The van der Waals surface area contributed by atoms with Gasteiger partial charge in [0.1, 0.15) is 10.7 Å². The summed E-state index contributed by atoms with van der Waals surface area (Å²) in [5.74, 6) is -2.99. The summed E-state index contributed by atoms with van der Waals surface area (Å²) in [5, 5.41) is 5.30. The highest BCUT2D eigenvalue weighted by atomic mass is 32.2. The minimum atomic E-state index is -4.12. The Bertz CT molecular complexity index is 1370. The first-order valence-corrected chi connectivity index (χ1v) is 13.0. The Kier molecular flexibility index (Phi) is 5.99. The molecule has 0 unspecified atom stereocenters. The molecule has 3 amide bonds. The van der Waals surface area contributed by atoms with Crippen molar-refractivity contribution < 1.29 is 31.9 Å². The largest absolute Gasteiger partial charge is 0.489 e. The van der Waals surface area contributed by atoms with E-state index in [1.807, 2.05) is 0 Å². The van der Waals surface area contributed by atoms with E-state index in [1.165, 1.54) is 40.9 Å². The third kappa shape index (κ3) is 4.55. The van der Waals surface area contributed by atoms with Crippen LogP contribution in [0.3, 0.4) is 0 Å². The van der Waals surface area contributed by atoms with Gasteiger partial charge in [0.2, 0.25) is 10.0 Å². The first kappa shape index (κ1) is 24.3. The zero-order valence-electron chi connectivity index (χ0n) is 19.7. The molecule has 1 saturated carbocycles. The van der Waals surface area contributed by atoms with Crippen LogP contribution in [0.15, 0.2) is 29.3 Å². The summed E-state index contributed by atoms with van der Waals surface area (Å²) < 4.78 is 49.9. The number of sulfonamides is 1. The van der Waals surface area contributed by atoms with E-state index in [0.717, 1.165) is 12.8 Å². The van der Waals surface area contributed by atoms with Crippen molar-refractivity contribution in [1.82, 2.24) is 19.5 Å². The lowest BCUT2D eigenvalue weighted by atomic mass is 10.1. The Labute approximate surface area is 207 Å². The lowest BCUT2D eigenvalue weighted by Gasteiger charge is -2.23. The molecular weight excluding hydrogens is 493 g/mol. The summed E-state index contributed by atoms with van der Waals surface area (Å²) in [5.41, 5.74) is 0.663. The van der Waals surface area contributed by atoms with E-state index in [1.54, 1.807) is 6.92 Å². The number of halogens is 1. The number of benzene rings is 1. The molecule has 0 spiro atoms. The summed E-state index contributed by atoms with van der Waals surface area (Å²) in [6.07, 6.45) is 2.96. The standard InChI is InChI=1S/C23H26FN5O6S/c1-12-7-15(5-6-16(12)24)26-21(30)19-20-18(10-28(19)2)36(33,34)27-17-9-29(8-13(17)11-35-20)23(32)22(31)25-14-3-4-14/h5-7,10,13-14,17,27H,3-4,8-9,11H2,1-2H3,(H,25,31)(H,26,30)/t13-,17+/m0/s1. The molecule has 13 heteroatoms. The van der Waals surface area contributed by atoms with Crippen LogP contribution in [-0.2, 0) is 26.7 Å². The average Bonchev–Trinajstić information content (AvgIpc) is 3.44. The van der Waals surface area contributed by atoms with Gasteiger partial charge < -0.3 is 24.8 Å². The van der Waals surface area contributed by atoms with Gasteiger partial charge in [-0.2, -0.15) is 0 Å². The number of aromatic nitrogens is 1. The maximum atomic E-state index is 13.6. The van der Waals surface area contributed by atoms with Crippen LogP contribution < -0.4 is 20.1 Å². The van der Waals surface area contributed by atoms with E-state index < -0.39 is 45.5 Å². The zero-order valence-corrected chi connectivity index (χ0v) is 20.5. The molecule has 1 aromatic carbocycles. The van der Waals surface area contributed by atoms with Gasteiger partial charge in [0.15, 0.2) is 11.4 Å². The molecule has 5 rings (SSSR count). The SMILES string of the molecule is Cc1cc(NC(=O)c2c3c(cn2C)S(=O)(=O)N[C@@H]2CN(C(=O)C(=O)NC4CC4)C[C@H]2CO3)ccc1F. The van der Waals surface area contributed by atoms with Crippen LogP contribution in [0.4, 0.5) is 10.1 Å². The van der Waals surface area contributed by atoms with Crippen molar-refractivity contribution in [2.24, 2.45) is 13.0 Å². The molecule has 36 heavy (non-hydrogen) atoms. The predicted molar refractivity (Wildman–Crippen MR) is 125 cm³/mol. The monoisotopic (exact) mass is 519 g/mol. The number of carbonyl (C=O) groups excluding carboxylic acids is 3. The molecule has 1 saturated heterocycles. The highest BCUT2D eigenvalue weighted by molar-refractivity contribution is 7.89. The van der Waals surface area contributed by atoms with E-state index in [0.29, 0.717) is 11.3 Å². The van der Waals surface area contributed by atoms with Crippen LogP contribution in [-0.4, -0.2) is 67.4 Å². The Hall–Kier alpha value is -3.45. The van der Waals surface area contributed by atoms with Crippen molar-refractivity contribution >= 4 is 33.4 Å². The minimum absolute atomic E-state index is 0.0220. The maximum absolute atomic E-state index is 13.6. The molecule has 0 bridgehead atoms. The predicted octanol–water partition coefficient (Wildman–Crippen LogP) is 0.501. The minimum Gasteiger partial charge on any atom is -0.489 e. The summed E-state index contributed by atoms with van der Waals surface area (Å²) in [6, 6.07) is 3.47. The third-order valence-electron chi connectivity index (χ3n) is 6.61. The number of fused-ring (bicyclic) bond motifs is 2. The summed E-state index contributed by atoms with van der Waals surface area (Å²) in [4.78, 5) is 39.0. The number of nitrogens with one attached hydrogen (secondary N) is 3. The Morgan fingerprint density at radius 1 is 1.19 bits per heavy atom. The molecule has 3 aliphatic rings. The quantitative estimate of drug-likeness (QED) is 0.505. The Morgan fingerprint density at radius 2 is 1.94 bits per heavy atom. The van der Waals surface area contributed by atoms with E-state index >= 15 is 0 Å². The van der Waals surface area contributed by atoms with Gasteiger partial charge in [0.25, 0.3) is 5.91 Å². The van der Waals surface area contributed by atoms with Crippen LogP contribution >= 0.6 is 0 Å². The van der Waals surface area contributed by atoms with Crippen LogP contribution in [0.5, 0.6) is 5.75 Å². The zero-order chi connectivity index (χ0) is 25.8. The topological polar surface area (TPSA) is 139 Å². The fourth-order valence-corrected chi connectivity index (χ4v) is 5.98. The highest BCUT2D eigenvalue weighted by Gasteiger charge is 2.43. The maximum Gasteiger partial charge on any atom is 0.311 e. The highest BCUT2D eigenvalue weighted by Crippen LogP contribution is 2.35. The molecule has 1 aromatic heterocycles. The van der Waals surface area contributed by atoms with Crippen molar-refractivity contribution in [2.75, 3.05) is 25.0 Å². The Balaban J connectivity index is 1.37. The van der Waals surface area contributed by atoms with Gasteiger partial charge in [-0.25, -0.2) is 17.5 Å². The molecule has 1 aliphatic carbocycles. The lowest BCUT2D eigenvalue weighted by Crippen LogP contribution is -2.45. The van der Waals surface area contributed by atoms with Crippen molar-refractivity contribution in [2.45, 2.75) is 36.7 Å². The number of nitrogens with zero attached hydrogens (tertiary/aromatic N) is 2. The number of hydrogen-bond donors (Lipinski definition) is 3. The van der Waals surface area contributed by atoms with E-state index in [4.69, 9.17) is 4.74 Å². The normalized spacial score (nSPS) is 22.5. The van der Waals surface area contributed by atoms with Crippen molar-refractivity contribution in [1.29, 1.82) is 0 Å². The molecule has 3 heterocycles. The number of hydrogen-bond acceptors (Lipinski definition) is 6. The average molecular weight is 520 g/mol. The molecule has 2 atom stereocenters. The molecule has 0 radical (unpaired) electrons. The summed E-state index contributed by atoms with van der Waals surface area (Å²) in [7, 11) is -2.60. The van der Waals surface area contributed by atoms with Crippen molar-refractivity contribution in [3.8, 4) is 5.75 Å². The number of ether oxygens (including phenoxy) is 1. The Morgan fingerprint density at radius 3 is 2.64 bits per heavy atom. The van der Waals surface area contributed by atoms with Crippen molar-refractivity contribution in [3.05, 3.63) is 41.5 Å². The van der Waals surface area contributed by atoms with Crippen molar-refractivity contribution in [3.63, 3.8) is 0 Å². The number of carbonyl (C=O) groups is 3. The van der Waals surface area contributed by atoms with Crippen LogP contribution in [0, 0.1) is 18.7 Å². The molecule has 11 nitrogen and oxygen atoms in total. The molecular formula is C23H26FN5O6S. The van der Waals surface area contributed by atoms with Gasteiger partial charge in [0, 0.05) is 50.0 Å². The first-order valence-electron chi connectivity index (χ1n) is 11.5. The number of anilines is 1. The lowest BCUT2D eigenvalue weighted by molar-refractivity contribution is -0.145. The van der Waals surface area contributed by atoms with E-state index in [2.05, 4.69) is 15.4 Å². The molecule has 192 valence electrons.